The lowest BCUT2D eigenvalue weighted by atomic mass is 9.83. The smallest absolute Gasteiger partial charge is 0.267 e. The number of nitrogens with one attached hydrogen (secondary N) is 2. The number of amides is 1. The van der Waals surface area contributed by atoms with Crippen LogP contribution in [0.1, 0.15) is 69.3 Å². The van der Waals surface area contributed by atoms with Crippen LogP contribution < -0.4 is 10.1 Å². The number of aromatic amines is 1. The topological polar surface area (TPSA) is 60.6 Å². The molecule has 186 valence electrons. The average Bonchev–Trinajstić information content (AvgIpc) is 3.29. The first-order chi connectivity index (χ1) is 16.6. The molecule has 6 heteroatoms. The van der Waals surface area contributed by atoms with Gasteiger partial charge in [-0.15, -0.1) is 0 Å². The van der Waals surface area contributed by atoms with Gasteiger partial charge in [0.05, 0.1) is 6.61 Å². The van der Waals surface area contributed by atoms with Crippen molar-refractivity contribution in [3.8, 4) is 5.75 Å². The standard InChI is InChI=1S/C28H42N4O2/c1-20(2)19-34-27-10-5-8-24-23(27)17-25(30-24)28(33)29-22-11-15-31(16-12-22)18-21-7-6-14-32-13-4-3-9-26(21)32/h5,8,10,17,20-22,26,30H,3-4,6-7,9,11-16,18-19H2,1-2H3,(H,29,33)/t21-,26+/m0/s1. The fourth-order valence-electron chi connectivity index (χ4n) is 6.28. The number of aromatic nitrogens is 1. The van der Waals surface area contributed by atoms with Gasteiger partial charge in [-0.05, 0) is 81.6 Å². The highest BCUT2D eigenvalue weighted by atomic mass is 16.5. The summed E-state index contributed by atoms with van der Waals surface area (Å²) in [5.74, 6) is 2.13. The molecule has 3 aliphatic rings. The van der Waals surface area contributed by atoms with Gasteiger partial charge in [0.25, 0.3) is 5.91 Å². The molecule has 1 amide bonds. The van der Waals surface area contributed by atoms with E-state index in [4.69, 9.17) is 4.74 Å². The van der Waals surface area contributed by atoms with Crippen LogP contribution in [0.25, 0.3) is 10.9 Å². The van der Waals surface area contributed by atoms with Gasteiger partial charge in [-0.1, -0.05) is 26.3 Å². The maximum absolute atomic E-state index is 13.0. The molecule has 2 N–H and O–H groups in total. The number of rotatable bonds is 7. The van der Waals surface area contributed by atoms with E-state index in [2.05, 4.69) is 33.9 Å². The maximum Gasteiger partial charge on any atom is 0.267 e. The number of hydrogen-bond donors (Lipinski definition) is 2. The highest BCUT2D eigenvalue weighted by Crippen LogP contribution is 2.32. The number of piperidine rings is 3. The third-order valence-electron chi connectivity index (χ3n) is 8.09. The summed E-state index contributed by atoms with van der Waals surface area (Å²) in [6.45, 7) is 11.0. The first-order valence-electron chi connectivity index (χ1n) is 13.6. The van der Waals surface area contributed by atoms with E-state index in [1.54, 1.807) is 0 Å². The zero-order chi connectivity index (χ0) is 23.5. The largest absolute Gasteiger partial charge is 0.493 e. The van der Waals surface area contributed by atoms with Crippen LogP contribution in [-0.4, -0.2) is 72.1 Å². The summed E-state index contributed by atoms with van der Waals surface area (Å²) < 4.78 is 5.97. The summed E-state index contributed by atoms with van der Waals surface area (Å²) in [4.78, 5) is 21.7. The van der Waals surface area contributed by atoms with Crippen molar-refractivity contribution in [3.05, 3.63) is 30.0 Å². The first-order valence-corrected chi connectivity index (χ1v) is 13.6. The van der Waals surface area contributed by atoms with E-state index in [0.717, 1.165) is 54.5 Å². The molecule has 2 atom stereocenters. The number of carbonyl (C=O) groups excluding carboxylic acids is 1. The molecule has 0 saturated carbocycles. The highest BCUT2D eigenvalue weighted by Gasteiger charge is 2.34. The Kier molecular flexibility index (Phi) is 7.45. The predicted octanol–water partition coefficient (Wildman–Crippen LogP) is 4.66. The van der Waals surface area contributed by atoms with E-state index in [1.165, 1.54) is 51.7 Å². The van der Waals surface area contributed by atoms with E-state index in [9.17, 15) is 4.79 Å². The Hall–Kier alpha value is -2.05. The minimum Gasteiger partial charge on any atom is -0.493 e. The van der Waals surface area contributed by atoms with Gasteiger partial charge in [-0.25, -0.2) is 0 Å². The van der Waals surface area contributed by atoms with Crippen LogP contribution >= 0.6 is 0 Å². The highest BCUT2D eigenvalue weighted by molar-refractivity contribution is 5.99. The van der Waals surface area contributed by atoms with Crippen molar-refractivity contribution >= 4 is 16.8 Å². The molecule has 1 aromatic carbocycles. The lowest BCUT2D eigenvalue weighted by Gasteiger charge is -2.46. The number of carbonyl (C=O) groups is 1. The van der Waals surface area contributed by atoms with E-state index < -0.39 is 0 Å². The van der Waals surface area contributed by atoms with Gasteiger partial charge in [-0.3, -0.25) is 4.79 Å². The second-order valence-electron chi connectivity index (χ2n) is 11.2. The molecule has 6 nitrogen and oxygen atoms in total. The van der Waals surface area contributed by atoms with Gasteiger partial charge in [0.2, 0.25) is 0 Å². The van der Waals surface area contributed by atoms with Crippen LogP contribution in [0.15, 0.2) is 24.3 Å². The Morgan fingerprint density at radius 3 is 2.74 bits per heavy atom. The molecular weight excluding hydrogens is 424 g/mol. The fourth-order valence-corrected chi connectivity index (χ4v) is 6.28. The van der Waals surface area contributed by atoms with Crippen molar-refractivity contribution in [3.63, 3.8) is 0 Å². The lowest BCUT2D eigenvalue weighted by Crippen LogP contribution is -2.52. The zero-order valence-electron chi connectivity index (χ0n) is 21.0. The SMILES string of the molecule is CC(C)COc1cccc2[nH]c(C(=O)NC3CCN(C[C@@H]4CCCN5CCCC[C@H]45)CC3)cc12. The summed E-state index contributed by atoms with van der Waals surface area (Å²) in [7, 11) is 0. The molecule has 3 fully saturated rings. The zero-order valence-corrected chi connectivity index (χ0v) is 21.0. The summed E-state index contributed by atoms with van der Waals surface area (Å²) >= 11 is 0. The monoisotopic (exact) mass is 466 g/mol. The van der Waals surface area contributed by atoms with E-state index in [0.29, 0.717) is 18.2 Å². The molecule has 2 aromatic rings. The summed E-state index contributed by atoms with van der Waals surface area (Å²) in [5.41, 5.74) is 1.57. The van der Waals surface area contributed by atoms with E-state index in [-0.39, 0.29) is 11.9 Å². The van der Waals surface area contributed by atoms with Gasteiger partial charge in [0.15, 0.2) is 0 Å². The summed E-state index contributed by atoms with van der Waals surface area (Å²) in [6.07, 6.45) is 9.02. The molecule has 0 unspecified atom stereocenters. The van der Waals surface area contributed by atoms with Crippen LogP contribution in [0, 0.1) is 11.8 Å². The van der Waals surface area contributed by atoms with Crippen molar-refractivity contribution in [1.82, 2.24) is 20.1 Å². The van der Waals surface area contributed by atoms with Gasteiger partial charge >= 0.3 is 0 Å². The van der Waals surface area contributed by atoms with Gasteiger partial charge in [-0.2, -0.15) is 0 Å². The second-order valence-corrected chi connectivity index (χ2v) is 11.2. The van der Waals surface area contributed by atoms with E-state index in [1.807, 2.05) is 24.3 Å². The van der Waals surface area contributed by atoms with Gasteiger partial charge in [0, 0.05) is 42.6 Å². The molecular formula is C28H42N4O2. The molecule has 0 spiro atoms. The molecule has 3 aliphatic heterocycles. The van der Waals surface area contributed by atoms with Crippen LogP contribution in [0.3, 0.4) is 0 Å². The van der Waals surface area contributed by atoms with Crippen LogP contribution in [0.4, 0.5) is 0 Å². The Labute approximate surface area is 204 Å². The number of H-pyrrole nitrogens is 1. The number of ether oxygens (including phenoxy) is 1. The quantitative estimate of drug-likeness (QED) is 0.623. The summed E-state index contributed by atoms with van der Waals surface area (Å²) in [6, 6.07) is 8.97. The molecule has 1 aromatic heterocycles. The van der Waals surface area contributed by atoms with Crippen molar-refractivity contribution in [2.75, 3.05) is 39.3 Å². The minimum atomic E-state index is -0.00501. The van der Waals surface area contributed by atoms with Crippen LogP contribution in [-0.2, 0) is 0 Å². The second kappa shape index (κ2) is 10.7. The Bertz CT molecular complexity index is 960. The Morgan fingerprint density at radius 1 is 1.09 bits per heavy atom. The summed E-state index contributed by atoms with van der Waals surface area (Å²) in [5, 5.41) is 4.27. The van der Waals surface area contributed by atoms with Crippen molar-refractivity contribution in [1.29, 1.82) is 0 Å². The molecule has 3 saturated heterocycles. The first kappa shape index (κ1) is 23.7. The van der Waals surface area contributed by atoms with Crippen molar-refractivity contribution in [2.24, 2.45) is 11.8 Å². The minimum absolute atomic E-state index is 0.00501. The fraction of sp³-hybridized carbons (Fsp3) is 0.679. The molecule has 0 radical (unpaired) electrons. The van der Waals surface area contributed by atoms with Crippen LogP contribution in [0.5, 0.6) is 5.75 Å². The number of fused-ring (bicyclic) bond motifs is 2. The lowest BCUT2D eigenvalue weighted by molar-refractivity contribution is 0.0351. The molecule has 34 heavy (non-hydrogen) atoms. The third-order valence-corrected chi connectivity index (χ3v) is 8.09. The van der Waals surface area contributed by atoms with Crippen LogP contribution in [0.2, 0.25) is 0 Å². The number of hydrogen-bond acceptors (Lipinski definition) is 4. The molecule has 5 rings (SSSR count). The molecule has 0 bridgehead atoms. The van der Waals surface area contributed by atoms with Crippen molar-refractivity contribution < 1.29 is 9.53 Å². The number of likely N-dealkylation sites (tertiary alicyclic amines) is 1. The average molecular weight is 467 g/mol. The predicted molar refractivity (Wildman–Crippen MR) is 137 cm³/mol. The number of benzene rings is 1. The third kappa shape index (κ3) is 5.44. The van der Waals surface area contributed by atoms with E-state index >= 15 is 0 Å². The van der Waals surface area contributed by atoms with Gasteiger partial charge in [0.1, 0.15) is 11.4 Å². The Morgan fingerprint density at radius 2 is 1.91 bits per heavy atom. The maximum atomic E-state index is 13.0. The normalized spacial score (nSPS) is 24.9. The van der Waals surface area contributed by atoms with Crippen molar-refractivity contribution in [2.45, 2.75) is 70.9 Å². The molecule has 4 heterocycles. The Balaban J connectivity index is 1.13. The number of nitrogens with zero attached hydrogens (tertiary/aromatic N) is 2. The molecule has 0 aliphatic carbocycles. The van der Waals surface area contributed by atoms with Gasteiger partial charge < -0.3 is 24.8 Å².